The van der Waals surface area contributed by atoms with Crippen LogP contribution in [0.1, 0.15) is 12.8 Å². The van der Waals surface area contributed by atoms with Gasteiger partial charge in [-0.15, -0.1) is 10.2 Å². The average Bonchev–Trinajstić information content (AvgIpc) is 2.87. The summed E-state index contributed by atoms with van der Waals surface area (Å²) in [6.07, 6.45) is 1.69. The van der Waals surface area contributed by atoms with E-state index in [1.54, 1.807) is 18.8 Å². The van der Waals surface area contributed by atoms with E-state index in [0.717, 1.165) is 36.1 Å². The minimum absolute atomic E-state index is 0.0994. The normalized spacial score (nSPS) is 16.3. The Morgan fingerprint density at radius 3 is 3.00 bits per heavy atom. The largest absolute Gasteiger partial charge is 0.353 e. The van der Waals surface area contributed by atoms with Crippen molar-refractivity contribution in [3.63, 3.8) is 0 Å². The molecule has 1 fully saturated rings. The number of carbonyl (C=O) groups excluding carboxylic acids is 1. The van der Waals surface area contributed by atoms with Crippen LogP contribution in [0.4, 0.5) is 9.93 Å². The molecule has 2 amide bonds. The zero-order valence-corrected chi connectivity index (χ0v) is 12.2. The number of thioether (sulfide) groups is 1. The van der Waals surface area contributed by atoms with E-state index in [9.17, 15) is 4.79 Å². The molecule has 0 atom stereocenters. The number of nitrogens with one attached hydrogen (secondary N) is 2. The summed E-state index contributed by atoms with van der Waals surface area (Å²) >= 11 is 2.93. The minimum atomic E-state index is -0.295. The van der Waals surface area contributed by atoms with E-state index >= 15 is 0 Å². The topological polar surface area (TPSA) is 85.4 Å². The lowest BCUT2D eigenvalue weighted by Gasteiger charge is -2.22. The van der Waals surface area contributed by atoms with E-state index in [1.165, 1.54) is 11.3 Å². The van der Waals surface area contributed by atoms with Gasteiger partial charge in [0.05, 0.1) is 13.2 Å². The third kappa shape index (κ3) is 4.94. The number of nitrogens with zero attached hydrogens (tertiary/aromatic N) is 2. The monoisotopic (exact) mass is 304 g/mol. The summed E-state index contributed by atoms with van der Waals surface area (Å²) in [6, 6.07) is -0.295. The molecule has 0 radical (unpaired) electrons. The van der Waals surface area contributed by atoms with E-state index in [1.807, 2.05) is 0 Å². The molecule has 1 aliphatic rings. The molecule has 9 heteroatoms. The van der Waals surface area contributed by atoms with Crippen molar-refractivity contribution in [1.82, 2.24) is 15.5 Å². The van der Waals surface area contributed by atoms with Gasteiger partial charge in [0.2, 0.25) is 5.13 Å². The lowest BCUT2D eigenvalue weighted by molar-refractivity contribution is -0.178. The van der Waals surface area contributed by atoms with Crippen LogP contribution in [-0.2, 0) is 9.47 Å². The fourth-order valence-corrected chi connectivity index (χ4v) is 3.20. The van der Waals surface area contributed by atoms with Gasteiger partial charge in [0.15, 0.2) is 10.6 Å². The molecule has 1 aromatic heterocycles. The van der Waals surface area contributed by atoms with Gasteiger partial charge >= 0.3 is 6.03 Å². The Kier molecular flexibility index (Phi) is 5.83. The maximum Gasteiger partial charge on any atom is 0.320 e. The van der Waals surface area contributed by atoms with Crippen LogP contribution in [0.5, 0.6) is 0 Å². The second kappa shape index (κ2) is 7.63. The molecular formula is C10H16N4O3S2. The quantitative estimate of drug-likeness (QED) is 0.634. The van der Waals surface area contributed by atoms with E-state index in [2.05, 4.69) is 20.8 Å². The van der Waals surface area contributed by atoms with Gasteiger partial charge in [0, 0.05) is 19.2 Å². The lowest BCUT2D eigenvalue weighted by Crippen LogP contribution is -2.25. The Labute approximate surface area is 119 Å². The van der Waals surface area contributed by atoms with E-state index in [0.29, 0.717) is 5.13 Å². The third-order valence-electron chi connectivity index (χ3n) is 2.33. The first-order valence-corrected chi connectivity index (χ1v) is 7.76. The molecule has 2 rings (SSSR count). The number of urea groups is 1. The van der Waals surface area contributed by atoms with Crippen molar-refractivity contribution in [2.24, 2.45) is 0 Å². The van der Waals surface area contributed by atoms with Crippen LogP contribution >= 0.6 is 23.1 Å². The molecule has 0 unspecified atom stereocenters. The highest BCUT2D eigenvalue weighted by atomic mass is 32.2. The number of amides is 2. The second-order valence-electron chi connectivity index (χ2n) is 3.74. The third-order valence-corrected chi connectivity index (χ3v) is 4.33. The molecule has 106 valence electrons. The van der Waals surface area contributed by atoms with Crippen LogP contribution in [0.2, 0.25) is 0 Å². The number of aromatic nitrogens is 2. The van der Waals surface area contributed by atoms with Gasteiger partial charge in [-0.1, -0.05) is 23.1 Å². The van der Waals surface area contributed by atoms with Crippen molar-refractivity contribution < 1.29 is 14.3 Å². The van der Waals surface area contributed by atoms with Crippen LogP contribution in [0.25, 0.3) is 0 Å². The molecule has 0 aliphatic carbocycles. The maximum atomic E-state index is 11.1. The first-order valence-electron chi connectivity index (χ1n) is 5.96. The minimum Gasteiger partial charge on any atom is -0.353 e. The van der Waals surface area contributed by atoms with Gasteiger partial charge in [-0.3, -0.25) is 5.32 Å². The highest BCUT2D eigenvalue weighted by Gasteiger charge is 2.14. The zero-order chi connectivity index (χ0) is 13.5. The second-order valence-corrected chi connectivity index (χ2v) is 6.06. The van der Waals surface area contributed by atoms with Crippen LogP contribution in [0.15, 0.2) is 4.34 Å². The van der Waals surface area contributed by atoms with Gasteiger partial charge in [-0.05, 0) is 6.42 Å². The first-order chi connectivity index (χ1) is 9.28. The summed E-state index contributed by atoms with van der Waals surface area (Å²) in [5, 5.41) is 13.4. The Hall–Kier alpha value is -0.900. The van der Waals surface area contributed by atoms with Gasteiger partial charge in [-0.2, -0.15) is 0 Å². The van der Waals surface area contributed by atoms with Crippen LogP contribution < -0.4 is 10.6 Å². The van der Waals surface area contributed by atoms with Crippen LogP contribution in [-0.4, -0.2) is 48.5 Å². The number of hydrogen-bond donors (Lipinski definition) is 2. The van der Waals surface area contributed by atoms with Crippen molar-refractivity contribution >= 4 is 34.3 Å². The van der Waals surface area contributed by atoms with E-state index < -0.39 is 0 Å². The van der Waals surface area contributed by atoms with Crippen LogP contribution in [0, 0.1) is 0 Å². The molecule has 2 N–H and O–H groups in total. The molecule has 1 saturated heterocycles. The van der Waals surface area contributed by atoms with Crippen molar-refractivity contribution in [2.45, 2.75) is 23.5 Å². The molecule has 19 heavy (non-hydrogen) atoms. The van der Waals surface area contributed by atoms with Gasteiger partial charge in [-0.25, -0.2) is 4.79 Å². The highest BCUT2D eigenvalue weighted by Crippen LogP contribution is 2.26. The predicted octanol–water partition coefficient (Wildman–Crippen LogP) is 1.53. The van der Waals surface area contributed by atoms with Crippen LogP contribution in [0.3, 0.4) is 0 Å². The summed E-state index contributed by atoms with van der Waals surface area (Å²) in [7, 11) is 1.55. The van der Waals surface area contributed by atoms with Crippen molar-refractivity contribution in [1.29, 1.82) is 0 Å². The fourth-order valence-electron chi connectivity index (χ4n) is 1.42. The number of rotatable bonds is 5. The molecule has 0 spiro atoms. The molecule has 0 bridgehead atoms. The van der Waals surface area contributed by atoms with Gasteiger partial charge in [0.1, 0.15) is 0 Å². The standard InChI is InChI=1S/C10H16N4O3S2/c1-11-8(15)12-9-13-14-10(19-9)18-6-3-7-16-4-2-5-17-7/h7H,2-6H2,1H3,(H2,11,12,13,15). The summed E-state index contributed by atoms with van der Waals surface area (Å²) in [6.45, 7) is 1.54. The molecular weight excluding hydrogens is 288 g/mol. The number of carbonyl (C=O) groups is 1. The molecule has 0 saturated carbocycles. The molecule has 1 aliphatic heterocycles. The van der Waals surface area contributed by atoms with Crippen molar-refractivity contribution in [3.8, 4) is 0 Å². The Balaban J connectivity index is 1.69. The van der Waals surface area contributed by atoms with E-state index in [4.69, 9.17) is 9.47 Å². The van der Waals surface area contributed by atoms with Crippen molar-refractivity contribution in [2.75, 3.05) is 31.3 Å². The zero-order valence-electron chi connectivity index (χ0n) is 10.5. The first kappa shape index (κ1) is 14.5. The summed E-state index contributed by atoms with van der Waals surface area (Å²) < 4.78 is 11.7. The molecule has 1 aromatic rings. The molecule has 0 aromatic carbocycles. The SMILES string of the molecule is CNC(=O)Nc1nnc(SCCC2OCCCO2)s1. The molecule has 7 nitrogen and oxygen atoms in total. The molecule has 2 heterocycles. The average molecular weight is 304 g/mol. The van der Waals surface area contributed by atoms with E-state index in [-0.39, 0.29) is 12.3 Å². The Bertz CT molecular complexity index is 409. The smallest absolute Gasteiger partial charge is 0.320 e. The number of ether oxygens (including phenoxy) is 2. The Morgan fingerprint density at radius 1 is 1.47 bits per heavy atom. The number of anilines is 1. The Morgan fingerprint density at radius 2 is 2.26 bits per heavy atom. The summed E-state index contributed by atoms with van der Waals surface area (Å²) in [4.78, 5) is 11.1. The van der Waals surface area contributed by atoms with Crippen molar-refractivity contribution in [3.05, 3.63) is 0 Å². The van der Waals surface area contributed by atoms with Gasteiger partial charge in [0.25, 0.3) is 0 Å². The summed E-state index contributed by atoms with van der Waals surface area (Å²) in [5.41, 5.74) is 0. The maximum absolute atomic E-state index is 11.1. The fraction of sp³-hybridized carbons (Fsp3) is 0.700. The summed E-state index contributed by atoms with van der Waals surface area (Å²) in [5.74, 6) is 0.847. The number of hydrogen-bond acceptors (Lipinski definition) is 7. The predicted molar refractivity (Wildman–Crippen MR) is 73.6 cm³/mol. The van der Waals surface area contributed by atoms with Gasteiger partial charge < -0.3 is 14.8 Å². The highest BCUT2D eigenvalue weighted by molar-refractivity contribution is 8.01. The lowest BCUT2D eigenvalue weighted by atomic mass is 10.4.